The molecule has 0 atom stereocenters. The predicted molar refractivity (Wildman–Crippen MR) is 106 cm³/mol. The number of anilines is 1. The molecule has 0 saturated heterocycles. The molecule has 0 radical (unpaired) electrons. The van der Waals surface area contributed by atoms with Crippen LogP contribution in [0, 0.1) is 0 Å². The van der Waals surface area contributed by atoms with E-state index in [9.17, 15) is 14.7 Å². The lowest BCUT2D eigenvalue weighted by Gasteiger charge is -2.21. The summed E-state index contributed by atoms with van der Waals surface area (Å²) in [5.74, 6) is -0.292. The molecule has 0 unspecified atom stereocenters. The van der Waals surface area contributed by atoms with Gasteiger partial charge in [-0.3, -0.25) is 9.59 Å². The number of benzene rings is 1. The minimum absolute atomic E-state index is 0.116. The molecule has 2 amide bonds. The van der Waals surface area contributed by atoms with Gasteiger partial charge in [-0.25, -0.2) is 4.90 Å². The summed E-state index contributed by atoms with van der Waals surface area (Å²) in [6.45, 7) is 2.63. The third kappa shape index (κ3) is 3.61. The van der Waals surface area contributed by atoms with Crippen LogP contribution in [0.25, 0.3) is 5.57 Å². The summed E-state index contributed by atoms with van der Waals surface area (Å²) in [6.07, 6.45) is 0.819. The molecular weight excluding hydrogens is 364 g/mol. The molecule has 0 aliphatic carbocycles. The van der Waals surface area contributed by atoms with Gasteiger partial charge in [-0.05, 0) is 30.0 Å². The number of imide groups is 1. The van der Waals surface area contributed by atoms with Crippen molar-refractivity contribution in [3.05, 3.63) is 52.4 Å². The van der Waals surface area contributed by atoms with Gasteiger partial charge in [0, 0.05) is 18.5 Å². The van der Waals surface area contributed by atoms with Crippen LogP contribution in [0.4, 0.5) is 5.69 Å². The van der Waals surface area contributed by atoms with E-state index >= 15 is 0 Å². The van der Waals surface area contributed by atoms with Crippen molar-refractivity contribution in [2.24, 2.45) is 0 Å². The zero-order chi connectivity index (χ0) is 19.4. The lowest BCUT2D eigenvalue weighted by Crippen LogP contribution is -2.35. The molecule has 1 aliphatic rings. The molecule has 0 saturated carbocycles. The van der Waals surface area contributed by atoms with Gasteiger partial charge in [-0.15, -0.1) is 11.3 Å². The zero-order valence-electron chi connectivity index (χ0n) is 15.3. The zero-order valence-corrected chi connectivity index (χ0v) is 16.2. The third-order valence-electron chi connectivity index (χ3n) is 4.21. The van der Waals surface area contributed by atoms with Gasteiger partial charge in [-0.2, -0.15) is 0 Å². The van der Waals surface area contributed by atoms with E-state index in [1.54, 1.807) is 30.1 Å². The van der Waals surface area contributed by atoms with Gasteiger partial charge in [0.15, 0.2) is 0 Å². The monoisotopic (exact) mass is 386 g/mol. The highest BCUT2D eigenvalue weighted by Crippen LogP contribution is 2.39. The normalized spacial score (nSPS) is 14.3. The predicted octanol–water partition coefficient (Wildman–Crippen LogP) is 2.75. The number of aliphatic hydroxyl groups is 1. The van der Waals surface area contributed by atoms with Crippen molar-refractivity contribution in [2.75, 3.05) is 31.7 Å². The van der Waals surface area contributed by atoms with Crippen molar-refractivity contribution in [1.82, 2.24) is 4.90 Å². The summed E-state index contributed by atoms with van der Waals surface area (Å²) < 4.78 is 5.75. The molecule has 2 heterocycles. The van der Waals surface area contributed by atoms with E-state index in [2.05, 4.69) is 0 Å². The van der Waals surface area contributed by atoms with Crippen LogP contribution in [-0.4, -0.2) is 48.6 Å². The molecule has 6 nitrogen and oxygen atoms in total. The number of likely N-dealkylation sites (N-methyl/N-ethyl adjacent to an activating group) is 1. The average Bonchev–Trinajstić information content (AvgIpc) is 3.27. The van der Waals surface area contributed by atoms with Crippen molar-refractivity contribution >= 4 is 34.4 Å². The number of carbonyl (C=O) groups excluding carboxylic acids is 2. The van der Waals surface area contributed by atoms with E-state index in [0.717, 1.165) is 11.3 Å². The Kier molecular flexibility index (Phi) is 5.93. The van der Waals surface area contributed by atoms with Gasteiger partial charge < -0.3 is 14.7 Å². The first-order valence-corrected chi connectivity index (χ1v) is 9.68. The lowest BCUT2D eigenvalue weighted by atomic mass is 10.2. The summed E-state index contributed by atoms with van der Waals surface area (Å²) in [6, 6.07) is 10.7. The van der Waals surface area contributed by atoms with Crippen molar-refractivity contribution in [3.63, 3.8) is 0 Å². The number of hydrogen-bond donors (Lipinski definition) is 1. The average molecular weight is 386 g/mol. The number of ether oxygens (including phenoxy) is 1. The number of aliphatic hydroxyl groups excluding tert-OH is 1. The first-order chi connectivity index (χ1) is 13.1. The minimum atomic E-state index is -0.410. The van der Waals surface area contributed by atoms with Gasteiger partial charge in [-0.1, -0.05) is 25.1 Å². The first-order valence-electron chi connectivity index (χ1n) is 8.80. The van der Waals surface area contributed by atoms with E-state index in [-0.39, 0.29) is 19.1 Å². The van der Waals surface area contributed by atoms with E-state index < -0.39 is 5.91 Å². The van der Waals surface area contributed by atoms with E-state index in [1.807, 2.05) is 30.5 Å². The largest absolute Gasteiger partial charge is 0.491 e. The van der Waals surface area contributed by atoms with Crippen molar-refractivity contribution in [3.8, 4) is 5.75 Å². The Morgan fingerprint density at radius 1 is 1.15 bits per heavy atom. The van der Waals surface area contributed by atoms with Crippen molar-refractivity contribution in [2.45, 2.75) is 13.3 Å². The molecule has 1 aromatic heterocycles. The molecule has 7 heteroatoms. The van der Waals surface area contributed by atoms with Crippen molar-refractivity contribution < 1.29 is 19.4 Å². The van der Waals surface area contributed by atoms with Gasteiger partial charge in [0.1, 0.15) is 11.4 Å². The number of hydrogen-bond acceptors (Lipinski definition) is 6. The second-order valence-electron chi connectivity index (χ2n) is 6.11. The molecule has 2 aromatic rings. The van der Waals surface area contributed by atoms with E-state index in [4.69, 9.17) is 4.74 Å². The SMILES string of the molecule is CCCOc1ccccc1N1C(=O)C(c2cccs2)=C(N(C)CCO)C1=O. The van der Waals surface area contributed by atoms with Gasteiger partial charge >= 0.3 is 0 Å². The number of nitrogens with zero attached hydrogens (tertiary/aromatic N) is 2. The number of rotatable bonds is 8. The summed E-state index contributed by atoms with van der Waals surface area (Å²) in [4.78, 5) is 30.0. The van der Waals surface area contributed by atoms with Crippen LogP contribution in [0.1, 0.15) is 18.2 Å². The number of amides is 2. The standard InChI is InChI=1S/C20H22N2O4S/c1-3-12-26-15-8-5-4-7-14(15)22-19(24)17(16-9-6-13-27-16)18(20(22)25)21(2)10-11-23/h4-9,13,23H,3,10-12H2,1-2H3. The van der Waals surface area contributed by atoms with Crippen LogP contribution in [0.2, 0.25) is 0 Å². The fourth-order valence-electron chi connectivity index (χ4n) is 2.97. The van der Waals surface area contributed by atoms with Crippen LogP contribution in [0.15, 0.2) is 47.5 Å². The molecule has 3 rings (SSSR count). The maximum absolute atomic E-state index is 13.3. The molecule has 1 aliphatic heterocycles. The van der Waals surface area contributed by atoms with Crippen LogP contribution in [-0.2, 0) is 9.59 Å². The Labute approximate surface area is 162 Å². The smallest absolute Gasteiger partial charge is 0.282 e. The van der Waals surface area contributed by atoms with E-state index in [1.165, 1.54) is 16.2 Å². The molecule has 27 heavy (non-hydrogen) atoms. The van der Waals surface area contributed by atoms with Gasteiger partial charge in [0.25, 0.3) is 11.8 Å². The fourth-order valence-corrected chi connectivity index (χ4v) is 3.73. The quantitative estimate of drug-likeness (QED) is 0.707. The van der Waals surface area contributed by atoms with E-state index in [0.29, 0.717) is 29.3 Å². The molecule has 1 aromatic carbocycles. The summed E-state index contributed by atoms with van der Waals surface area (Å²) in [7, 11) is 1.70. The highest BCUT2D eigenvalue weighted by Gasteiger charge is 2.43. The Balaban J connectivity index is 2.07. The summed E-state index contributed by atoms with van der Waals surface area (Å²) in [5, 5.41) is 11.2. The summed E-state index contributed by atoms with van der Waals surface area (Å²) >= 11 is 1.40. The first kappa shape index (κ1) is 19.1. The Bertz CT molecular complexity index is 861. The van der Waals surface area contributed by atoms with Crippen LogP contribution in [0.5, 0.6) is 5.75 Å². The second-order valence-corrected chi connectivity index (χ2v) is 7.06. The van der Waals surface area contributed by atoms with Crippen LogP contribution >= 0.6 is 11.3 Å². The summed E-state index contributed by atoms with van der Waals surface area (Å²) in [5.41, 5.74) is 1.08. The maximum Gasteiger partial charge on any atom is 0.282 e. The molecule has 0 spiro atoms. The Morgan fingerprint density at radius 3 is 2.59 bits per heavy atom. The fraction of sp³-hybridized carbons (Fsp3) is 0.300. The minimum Gasteiger partial charge on any atom is -0.491 e. The van der Waals surface area contributed by atoms with Crippen LogP contribution < -0.4 is 9.64 Å². The number of thiophene rings is 1. The van der Waals surface area contributed by atoms with Gasteiger partial charge in [0.2, 0.25) is 0 Å². The van der Waals surface area contributed by atoms with Crippen molar-refractivity contribution in [1.29, 1.82) is 0 Å². The number of para-hydroxylation sites is 2. The highest BCUT2D eigenvalue weighted by atomic mass is 32.1. The molecule has 0 fully saturated rings. The molecule has 1 N–H and O–H groups in total. The lowest BCUT2D eigenvalue weighted by molar-refractivity contribution is -0.120. The second kappa shape index (κ2) is 8.37. The maximum atomic E-state index is 13.3. The highest BCUT2D eigenvalue weighted by molar-refractivity contribution is 7.11. The Morgan fingerprint density at radius 2 is 1.93 bits per heavy atom. The Hall–Kier alpha value is -2.64. The topological polar surface area (TPSA) is 70.1 Å². The molecule has 0 bridgehead atoms. The number of carbonyl (C=O) groups is 2. The van der Waals surface area contributed by atoms with Gasteiger partial charge in [0.05, 0.1) is 24.5 Å². The molecule has 142 valence electrons. The third-order valence-corrected chi connectivity index (χ3v) is 5.10. The van der Waals surface area contributed by atoms with Crippen LogP contribution in [0.3, 0.4) is 0 Å². The molecular formula is C20H22N2O4S.